The summed E-state index contributed by atoms with van der Waals surface area (Å²) < 4.78 is 1.92. The highest BCUT2D eigenvalue weighted by atomic mass is 15.3. The Morgan fingerprint density at radius 3 is 2.54 bits per heavy atom. The molecule has 7 nitrogen and oxygen atoms in total. The maximum Gasteiger partial charge on any atom is 0.127 e. The second kappa shape index (κ2) is 7.26. The molecule has 0 atom stereocenters. The van der Waals surface area contributed by atoms with Crippen molar-refractivity contribution in [2.24, 2.45) is 0 Å². The lowest BCUT2D eigenvalue weighted by Crippen LogP contribution is -2.00. The molecule has 4 heterocycles. The van der Waals surface area contributed by atoms with Crippen LogP contribution in [0, 0.1) is 6.92 Å². The van der Waals surface area contributed by atoms with Gasteiger partial charge in [-0.3, -0.25) is 14.6 Å². The van der Waals surface area contributed by atoms with Crippen molar-refractivity contribution < 1.29 is 0 Å². The minimum Gasteiger partial charge on any atom is -0.373 e. The number of fused-ring (bicyclic) bond motifs is 1. The molecule has 4 rings (SSSR count). The standard InChI is InChI=1S/C21H23N7/c1-13(2)28-12-18(11-26-28)27-17-6-19(14(3)23-10-17)15-5-16-9-25-21(22-4)7-20(16)24-8-15/h5-13,27H,1-4H3,(H,22,25). The molecule has 0 fully saturated rings. The van der Waals surface area contributed by atoms with Crippen LogP contribution in [0.4, 0.5) is 17.2 Å². The topological polar surface area (TPSA) is 80.5 Å². The first-order chi connectivity index (χ1) is 13.5. The molecule has 0 unspecified atom stereocenters. The SMILES string of the molecule is CNc1cc2ncc(-c3cc(Nc4cnn(C(C)C)c4)cnc3C)cc2cn1. The van der Waals surface area contributed by atoms with E-state index in [0.717, 1.165) is 44.9 Å². The predicted octanol–water partition coefficient (Wildman–Crippen LogP) is 4.56. The van der Waals surface area contributed by atoms with Gasteiger partial charge in [0.15, 0.2) is 0 Å². The van der Waals surface area contributed by atoms with Crippen molar-refractivity contribution >= 4 is 28.1 Å². The number of nitrogens with one attached hydrogen (secondary N) is 2. The van der Waals surface area contributed by atoms with Crippen molar-refractivity contribution in [1.82, 2.24) is 24.7 Å². The Balaban J connectivity index is 1.67. The predicted molar refractivity (Wildman–Crippen MR) is 113 cm³/mol. The van der Waals surface area contributed by atoms with E-state index >= 15 is 0 Å². The highest BCUT2D eigenvalue weighted by molar-refractivity contribution is 5.85. The highest BCUT2D eigenvalue weighted by Crippen LogP contribution is 2.28. The summed E-state index contributed by atoms with van der Waals surface area (Å²) in [6.45, 7) is 6.20. The molecule has 4 aromatic rings. The minimum absolute atomic E-state index is 0.322. The van der Waals surface area contributed by atoms with E-state index in [9.17, 15) is 0 Å². The van der Waals surface area contributed by atoms with Crippen molar-refractivity contribution in [1.29, 1.82) is 0 Å². The van der Waals surface area contributed by atoms with E-state index in [1.165, 1.54) is 0 Å². The molecule has 0 radical (unpaired) electrons. The molecule has 28 heavy (non-hydrogen) atoms. The fourth-order valence-electron chi connectivity index (χ4n) is 3.05. The largest absolute Gasteiger partial charge is 0.373 e. The van der Waals surface area contributed by atoms with Gasteiger partial charge in [0.1, 0.15) is 5.82 Å². The van der Waals surface area contributed by atoms with Crippen LogP contribution < -0.4 is 10.6 Å². The van der Waals surface area contributed by atoms with Crippen LogP contribution >= 0.6 is 0 Å². The summed E-state index contributed by atoms with van der Waals surface area (Å²) in [6, 6.07) is 6.45. The lowest BCUT2D eigenvalue weighted by molar-refractivity contribution is 0.532. The summed E-state index contributed by atoms with van der Waals surface area (Å²) >= 11 is 0. The smallest absolute Gasteiger partial charge is 0.127 e. The zero-order valence-corrected chi connectivity index (χ0v) is 16.4. The van der Waals surface area contributed by atoms with E-state index in [4.69, 9.17) is 0 Å². The first-order valence-electron chi connectivity index (χ1n) is 9.25. The molecule has 0 saturated carbocycles. The number of nitrogens with zero attached hydrogens (tertiary/aromatic N) is 5. The lowest BCUT2D eigenvalue weighted by Gasteiger charge is -2.10. The molecule has 0 aliphatic heterocycles. The van der Waals surface area contributed by atoms with Gasteiger partial charge in [-0.15, -0.1) is 0 Å². The van der Waals surface area contributed by atoms with Crippen LogP contribution in [0.15, 0.2) is 49.2 Å². The van der Waals surface area contributed by atoms with Crippen molar-refractivity contribution in [3.63, 3.8) is 0 Å². The summed E-state index contributed by atoms with van der Waals surface area (Å²) in [5.41, 5.74) is 5.75. The summed E-state index contributed by atoms with van der Waals surface area (Å²) in [5, 5.41) is 11.8. The van der Waals surface area contributed by atoms with Gasteiger partial charge >= 0.3 is 0 Å². The summed E-state index contributed by atoms with van der Waals surface area (Å²) in [7, 11) is 1.85. The Bertz CT molecular complexity index is 1130. The lowest BCUT2D eigenvalue weighted by atomic mass is 10.0. The number of aryl methyl sites for hydroxylation is 1. The third kappa shape index (κ3) is 3.51. The van der Waals surface area contributed by atoms with E-state index in [-0.39, 0.29) is 0 Å². The summed E-state index contributed by atoms with van der Waals surface area (Å²) in [6.07, 6.45) is 9.37. The quantitative estimate of drug-likeness (QED) is 0.534. The zero-order chi connectivity index (χ0) is 19.7. The van der Waals surface area contributed by atoms with Gasteiger partial charge in [0.25, 0.3) is 0 Å². The van der Waals surface area contributed by atoms with Gasteiger partial charge < -0.3 is 10.6 Å². The maximum atomic E-state index is 4.60. The molecule has 2 N–H and O–H groups in total. The Kier molecular flexibility index (Phi) is 4.65. The number of rotatable bonds is 5. The fourth-order valence-corrected chi connectivity index (χ4v) is 3.05. The molecule has 4 aromatic heterocycles. The minimum atomic E-state index is 0.322. The number of pyridine rings is 3. The second-order valence-electron chi connectivity index (χ2n) is 7.02. The molecular weight excluding hydrogens is 350 g/mol. The van der Waals surface area contributed by atoms with Crippen LogP contribution in [-0.4, -0.2) is 31.8 Å². The molecule has 0 bridgehead atoms. The second-order valence-corrected chi connectivity index (χ2v) is 7.02. The van der Waals surface area contributed by atoms with Crippen molar-refractivity contribution in [3.8, 4) is 11.1 Å². The van der Waals surface area contributed by atoms with Crippen LogP contribution in [-0.2, 0) is 0 Å². The third-order valence-corrected chi connectivity index (χ3v) is 4.64. The van der Waals surface area contributed by atoms with Crippen molar-refractivity contribution in [2.75, 3.05) is 17.7 Å². The molecule has 0 spiro atoms. The molecule has 142 valence electrons. The molecule has 0 saturated heterocycles. The summed E-state index contributed by atoms with van der Waals surface area (Å²) in [4.78, 5) is 13.5. The first kappa shape index (κ1) is 17.9. The van der Waals surface area contributed by atoms with Gasteiger partial charge in [-0.05, 0) is 32.9 Å². The zero-order valence-electron chi connectivity index (χ0n) is 16.4. The molecule has 7 heteroatoms. The normalized spacial score (nSPS) is 11.2. The number of aromatic nitrogens is 5. The van der Waals surface area contributed by atoms with Crippen LogP contribution in [0.25, 0.3) is 22.0 Å². The number of anilines is 3. The van der Waals surface area contributed by atoms with E-state index in [1.54, 1.807) is 0 Å². The molecular formula is C21H23N7. The van der Waals surface area contributed by atoms with Gasteiger partial charge in [0.2, 0.25) is 0 Å². The molecule has 0 aromatic carbocycles. The van der Waals surface area contributed by atoms with Gasteiger partial charge in [-0.2, -0.15) is 5.10 Å². The molecule has 0 aliphatic rings. The van der Waals surface area contributed by atoms with Crippen LogP contribution in [0.5, 0.6) is 0 Å². The van der Waals surface area contributed by atoms with E-state index in [1.807, 2.05) is 55.7 Å². The van der Waals surface area contributed by atoms with Crippen molar-refractivity contribution in [2.45, 2.75) is 26.8 Å². The summed E-state index contributed by atoms with van der Waals surface area (Å²) in [5.74, 6) is 0.804. The van der Waals surface area contributed by atoms with E-state index in [0.29, 0.717) is 6.04 Å². The van der Waals surface area contributed by atoms with Gasteiger partial charge in [-0.25, -0.2) is 4.98 Å². The number of hydrogen-bond donors (Lipinski definition) is 2. The maximum absolute atomic E-state index is 4.60. The van der Waals surface area contributed by atoms with Gasteiger partial charge in [-0.1, -0.05) is 0 Å². The van der Waals surface area contributed by atoms with E-state index < -0.39 is 0 Å². The molecule has 0 aliphatic carbocycles. The van der Waals surface area contributed by atoms with Crippen LogP contribution in [0.2, 0.25) is 0 Å². The van der Waals surface area contributed by atoms with Crippen molar-refractivity contribution in [3.05, 3.63) is 54.9 Å². The average molecular weight is 373 g/mol. The van der Waals surface area contributed by atoms with Crippen LogP contribution in [0.3, 0.4) is 0 Å². The number of hydrogen-bond acceptors (Lipinski definition) is 6. The fraction of sp³-hybridized carbons (Fsp3) is 0.238. The highest BCUT2D eigenvalue weighted by Gasteiger charge is 2.09. The Morgan fingerprint density at radius 1 is 0.929 bits per heavy atom. The monoisotopic (exact) mass is 373 g/mol. The van der Waals surface area contributed by atoms with Gasteiger partial charge in [0.05, 0.1) is 29.3 Å². The Labute approximate surface area is 163 Å². The third-order valence-electron chi connectivity index (χ3n) is 4.64. The van der Waals surface area contributed by atoms with E-state index in [2.05, 4.69) is 56.7 Å². The Morgan fingerprint density at radius 2 is 1.79 bits per heavy atom. The van der Waals surface area contributed by atoms with Crippen LogP contribution in [0.1, 0.15) is 25.6 Å². The Hall–Kier alpha value is -3.48. The average Bonchev–Trinajstić information content (AvgIpc) is 3.17. The van der Waals surface area contributed by atoms with Gasteiger partial charge in [0, 0.05) is 60.0 Å². The molecule has 0 amide bonds. The first-order valence-corrected chi connectivity index (χ1v) is 9.25.